The summed E-state index contributed by atoms with van der Waals surface area (Å²) in [5.41, 5.74) is 0.665. The first-order valence-corrected chi connectivity index (χ1v) is 7.95. The maximum atomic E-state index is 12.3. The summed E-state index contributed by atoms with van der Waals surface area (Å²) in [6.45, 7) is 2.46. The third-order valence-electron chi connectivity index (χ3n) is 2.95. The second kappa shape index (κ2) is 5.12. The molecule has 0 spiro atoms. The standard InChI is InChI=1S/C12H12ClN3O4S/c1-7-12(6-14-15-7)21(17,18)16-9-5-11-10(4-8(9)13)19-2-3-20-11/h4-6,16H,2-3H2,1H3,(H,14,15). The monoisotopic (exact) mass is 329 g/mol. The number of hydrogen-bond acceptors (Lipinski definition) is 5. The maximum Gasteiger partial charge on any atom is 0.265 e. The van der Waals surface area contributed by atoms with Crippen molar-refractivity contribution in [2.24, 2.45) is 0 Å². The Morgan fingerprint density at radius 2 is 1.95 bits per heavy atom. The molecule has 21 heavy (non-hydrogen) atoms. The summed E-state index contributed by atoms with van der Waals surface area (Å²) in [6, 6.07) is 3.03. The molecule has 112 valence electrons. The quantitative estimate of drug-likeness (QED) is 0.897. The second-order valence-electron chi connectivity index (χ2n) is 4.44. The third-order valence-corrected chi connectivity index (χ3v) is 4.74. The van der Waals surface area contributed by atoms with Gasteiger partial charge >= 0.3 is 0 Å². The summed E-state index contributed by atoms with van der Waals surface area (Å²) >= 11 is 6.08. The number of nitrogens with zero attached hydrogens (tertiary/aromatic N) is 1. The molecule has 2 aromatic rings. The molecule has 0 radical (unpaired) electrons. The molecule has 0 saturated carbocycles. The van der Waals surface area contributed by atoms with Crippen LogP contribution in [0, 0.1) is 6.92 Å². The van der Waals surface area contributed by atoms with Gasteiger partial charge < -0.3 is 9.47 Å². The number of anilines is 1. The molecule has 1 aromatic heterocycles. The number of fused-ring (bicyclic) bond motifs is 1. The zero-order valence-electron chi connectivity index (χ0n) is 11.0. The number of hydrogen-bond donors (Lipinski definition) is 2. The molecule has 0 atom stereocenters. The van der Waals surface area contributed by atoms with Crippen LogP contribution in [0.4, 0.5) is 5.69 Å². The van der Waals surface area contributed by atoms with Gasteiger partial charge in [-0.25, -0.2) is 8.42 Å². The average Bonchev–Trinajstić information content (AvgIpc) is 2.86. The number of rotatable bonds is 3. The summed E-state index contributed by atoms with van der Waals surface area (Å²) in [6.07, 6.45) is 1.24. The topological polar surface area (TPSA) is 93.3 Å². The highest BCUT2D eigenvalue weighted by molar-refractivity contribution is 7.92. The minimum atomic E-state index is -3.77. The summed E-state index contributed by atoms with van der Waals surface area (Å²) < 4.78 is 37.8. The van der Waals surface area contributed by atoms with Gasteiger partial charge in [0.1, 0.15) is 18.1 Å². The highest BCUT2D eigenvalue weighted by Gasteiger charge is 2.22. The number of ether oxygens (including phenoxy) is 2. The predicted octanol–water partition coefficient (Wildman–Crippen LogP) is 1.94. The Balaban J connectivity index is 1.97. The zero-order chi connectivity index (χ0) is 15.0. The van der Waals surface area contributed by atoms with Crippen LogP contribution in [0.1, 0.15) is 5.69 Å². The molecule has 7 nitrogen and oxygen atoms in total. The van der Waals surface area contributed by atoms with E-state index in [4.69, 9.17) is 21.1 Å². The van der Waals surface area contributed by atoms with Gasteiger partial charge in [0.15, 0.2) is 11.5 Å². The van der Waals surface area contributed by atoms with Gasteiger partial charge in [-0.15, -0.1) is 0 Å². The molecule has 0 amide bonds. The summed E-state index contributed by atoms with van der Waals surface area (Å²) in [5.74, 6) is 0.945. The number of aromatic amines is 1. The SMILES string of the molecule is Cc1[nH]ncc1S(=O)(=O)Nc1cc2c(cc1Cl)OCCO2. The van der Waals surface area contributed by atoms with Gasteiger partial charge in [-0.2, -0.15) is 5.10 Å². The molecule has 0 saturated heterocycles. The van der Waals surface area contributed by atoms with Crippen molar-refractivity contribution in [2.75, 3.05) is 17.9 Å². The molecule has 2 N–H and O–H groups in total. The van der Waals surface area contributed by atoms with Gasteiger partial charge in [-0.1, -0.05) is 11.6 Å². The van der Waals surface area contributed by atoms with Crippen molar-refractivity contribution in [1.29, 1.82) is 0 Å². The van der Waals surface area contributed by atoms with Crippen LogP contribution < -0.4 is 14.2 Å². The lowest BCUT2D eigenvalue weighted by atomic mass is 10.2. The lowest BCUT2D eigenvalue weighted by Crippen LogP contribution is -2.17. The van der Waals surface area contributed by atoms with E-state index in [-0.39, 0.29) is 15.6 Å². The average molecular weight is 330 g/mol. The number of halogens is 1. The normalized spacial score (nSPS) is 14.0. The molecule has 3 rings (SSSR count). The molecular weight excluding hydrogens is 318 g/mol. The Labute approximate surface area is 126 Å². The molecule has 2 heterocycles. The van der Waals surface area contributed by atoms with E-state index in [1.807, 2.05) is 0 Å². The molecular formula is C12H12ClN3O4S. The number of nitrogens with one attached hydrogen (secondary N) is 2. The van der Waals surface area contributed by atoms with Crippen LogP contribution in [0.15, 0.2) is 23.2 Å². The van der Waals surface area contributed by atoms with Crippen molar-refractivity contribution in [3.63, 3.8) is 0 Å². The third kappa shape index (κ3) is 2.64. The van der Waals surface area contributed by atoms with Crippen molar-refractivity contribution in [2.45, 2.75) is 11.8 Å². The summed E-state index contributed by atoms with van der Waals surface area (Å²) in [5, 5.41) is 6.50. The molecule has 9 heteroatoms. The Morgan fingerprint density at radius 3 is 2.57 bits per heavy atom. The number of aryl methyl sites for hydroxylation is 1. The van der Waals surface area contributed by atoms with E-state index in [9.17, 15) is 8.42 Å². The molecule has 1 aliphatic rings. The van der Waals surface area contributed by atoms with Crippen molar-refractivity contribution < 1.29 is 17.9 Å². The van der Waals surface area contributed by atoms with E-state index >= 15 is 0 Å². The largest absolute Gasteiger partial charge is 0.486 e. The fourth-order valence-electron chi connectivity index (χ4n) is 1.95. The van der Waals surface area contributed by atoms with Crippen molar-refractivity contribution in [3.8, 4) is 11.5 Å². The zero-order valence-corrected chi connectivity index (χ0v) is 12.6. The minimum absolute atomic E-state index is 0.0634. The fourth-order valence-corrected chi connectivity index (χ4v) is 3.42. The van der Waals surface area contributed by atoms with E-state index in [1.165, 1.54) is 18.3 Å². The second-order valence-corrected chi connectivity index (χ2v) is 6.50. The van der Waals surface area contributed by atoms with E-state index in [1.54, 1.807) is 6.92 Å². The van der Waals surface area contributed by atoms with Crippen LogP contribution in [0.25, 0.3) is 0 Å². The van der Waals surface area contributed by atoms with E-state index in [2.05, 4.69) is 14.9 Å². The van der Waals surface area contributed by atoms with Gasteiger partial charge in [-0.05, 0) is 6.92 Å². The van der Waals surface area contributed by atoms with Gasteiger partial charge in [0, 0.05) is 12.1 Å². The highest BCUT2D eigenvalue weighted by atomic mass is 35.5. The molecule has 0 unspecified atom stereocenters. The Hall–Kier alpha value is -1.93. The maximum absolute atomic E-state index is 12.3. The first-order chi connectivity index (χ1) is 9.97. The Bertz CT molecular complexity index is 788. The lowest BCUT2D eigenvalue weighted by Gasteiger charge is -2.20. The minimum Gasteiger partial charge on any atom is -0.486 e. The Kier molecular flexibility index (Phi) is 3.42. The van der Waals surface area contributed by atoms with E-state index in [0.29, 0.717) is 30.4 Å². The first kappa shape index (κ1) is 14.0. The molecule has 1 aromatic carbocycles. The summed E-state index contributed by atoms with van der Waals surface area (Å²) in [4.78, 5) is 0.0634. The lowest BCUT2D eigenvalue weighted by molar-refractivity contribution is 0.171. The van der Waals surface area contributed by atoms with Crippen molar-refractivity contribution >= 4 is 27.3 Å². The molecule has 0 fully saturated rings. The van der Waals surface area contributed by atoms with Crippen LogP contribution in [-0.4, -0.2) is 31.8 Å². The van der Waals surface area contributed by atoms with Gasteiger partial charge in [0.2, 0.25) is 0 Å². The molecule has 1 aliphatic heterocycles. The number of benzene rings is 1. The van der Waals surface area contributed by atoms with Crippen molar-refractivity contribution in [1.82, 2.24) is 10.2 Å². The Morgan fingerprint density at radius 1 is 1.29 bits per heavy atom. The molecule has 0 bridgehead atoms. The van der Waals surface area contributed by atoms with Gasteiger partial charge in [0.25, 0.3) is 10.0 Å². The van der Waals surface area contributed by atoms with Crippen LogP contribution in [0.2, 0.25) is 5.02 Å². The number of sulfonamides is 1. The van der Waals surface area contributed by atoms with Crippen LogP contribution >= 0.6 is 11.6 Å². The molecule has 0 aliphatic carbocycles. The fraction of sp³-hybridized carbons (Fsp3) is 0.250. The van der Waals surface area contributed by atoms with Gasteiger partial charge in [0.05, 0.1) is 22.6 Å². The van der Waals surface area contributed by atoms with Crippen LogP contribution in [0.3, 0.4) is 0 Å². The highest BCUT2D eigenvalue weighted by Crippen LogP contribution is 2.38. The van der Waals surface area contributed by atoms with E-state index in [0.717, 1.165) is 0 Å². The first-order valence-electron chi connectivity index (χ1n) is 6.09. The number of aromatic nitrogens is 2. The number of H-pyrrole nitrogens is 1. The predicted molar refractivity (Wildman–Crippen MR) is 76.6 cm³/mol. The summed E-state index contributed by atoms with van der Waals surface area (Å²) in [7, 11) is -3.77. The smallest absolute Gasteiger partial charge is 0.265 e. The van der Waals surface area contributed by atoms with E-state index < -0.39 is 10.0 Å². The van der Waals surface area contributed by atoms with Gasteiger partial charge in [-0.3, -0.25) is 9.82 Å². The van der Waals surface area contributed by atoms with Crippen molar-refractivity contribution in [3.05, 3.63) is 29.0 Å². The van der Waals surface area contributed by atoms with Crippen LogP contribution in [-0.2, 0) is 10.0 Å². The van der Waals surface area contributed by atoms with Crippen LogP contribution in [0.5, 0.6) is 11.5 Å².